The first-order chi connectivity index (χ1) is 12.4. The highest BCUT2D eigenvalue weighted by molar-refractivity contribution is 6.32. The van der Waals surface area contributed by atoms with Crippen LogP contribution in [0.5, 0.6) is 5.75 Å². The topological polar surface area (TPSA) is 62.1 Å². The average molecular weight is 385 g/mol. The van der Waals surface area contributed by atoms with Crippen LogP contribution in [0.2, 0.25) is 10.0 Å². The number of nitriles is 1. The van der Waals surface area contributed by atoms with Gasteiger partial charge in [0, 0.05) is 10.7 Å². The SMILES string of the molecule is C#CCOc1ccc(/C=C(\C#N)C(=O)Nc2ccc(C)c(Cl)c2)cc1Cl. The number of carbonyl (C=O) groups excluding carboxylic acids is 1. The fraction of sp³-hybridized carbons (Fsp3) is 0.100. The molecular formula is C20H14Cl2N2O2. The summed E-state index contributed by atoms with van der Waals surface area (Å²) in [4.78, 5) is 12.3. The molecule has 0 aliphatic carbocycles. The maximum Gasteiger partial charge on any atom is 0.266 e. The van der Waals surface area contributed by atoms with Crippen molar-refractivity contribution in [1.82, 2.24) is 0 Å². The van der Waals surface area contributed by atoms with E-state index >= 15 is 0 Å². The monoisotopic (exact) mass is 384 g/mol. The number of halogens is 2. The van der Waals surface area contributed by atoms with Gasteiger partial charge in [0.15, 0.2) is 0 Å². The molecule has 0 aliphatic rings. The molecule has 130 valence electrons. The van der Waals surface area contributed by atoms with Gasteiger partial charge in [0.1, 0.15) is 24.0 Å². The van der Waals surface area contributed by atoms with E-state index in [0.29, 0.717) is 27.0 Å². The number of carbonyl (C=O) groups is 1. The van der Waals surface area contributed by atoms with E-state index in [0.717, 1.165) is 5.56 Å². The van der Waals surface area contributed by atoms with Crippen molar-refractivity contribution >= 4 is 40.9 Å². The van der Waals surface area contributed by atoms with Gasteiger partial charge in [-0.3, -0.25) is 4.79 Å². The van der Waals surface area contributed by atoms with E-state index in [1.165, 1.54) is 6.08 Å². The molecule has 0 saturated heterocycles. The zero-order valence-electron chi connectivity index (χ0n) is 13.8. The Balaban J connectivity index is 2.20. The Hall–Kier alpha value is -2.92. The smallest absolute Gasteiger partial charge is 0.266 e. The largest absolute Gasteiger partial charge is 0.479 e. The lowest BCUT2D eigenvalue weighted by Crippen LogP contribution is -2.13. The summed E-state index contributed by atoms with van der Waals surface area (Å²) in [5.74, 6) is 2.23. The van der Waals surface area contributed by atoms with E-state index < -0.39 is 5.91 Å². The van der Waals surface area contributed by atoms with Gasteiger partial charge in [-0.1, -0.05) is 41.3 Å². The van der Waals surface area contributed by atoms with Crippen molar-refractivity contribution in [2.24, 2.45) is 0 Å². The molecule has 0 bridgehead atoms. The first-order valence-corrected chi connectivity index (χ1v) is 8.25. The maximum absolute atomic E-state index is 12.3. The number of amides is 1. The Kier molecular flexibility index (Phi) is 6.69. The van der Waals surface area contributed by atoms with Gasteiger partial charge in [0.2, 0.25) is 0 Å². The highest BCUT2D eigenvalue weighted by Crippen LogP contribution is 2.26. The van der Waals surface area contributed by atoms with Crippen LogP contribution in [-0.4, -0.2) is 12.5 Å². The molecule has 4 nitrogen and oxygen atoms in total. The van der Waals surface area contributed by atoms with Crippen LogP contribution < -0.4 is 10.1 Å². The summed E-state index contributed by atoms with van der Waals surface area (Å²) in [6, 6.07) is 11.9. The van der Waals surface area contributed by atoms with Gasteiger partial charge in [0.05, 0.1) is 5.02 Å². The van der Waals surface area contributed by atoms with Crippen LogP contribution in [0.4, 0.5) is 5.69 Å². The third-order valence-corrected chi connectivity index (χ3v) is 4.08. The van der Waals surface area contributed by atoms with Crippen LogP contribution >= 0.6 is 23.2 Å². The van der Waals surface area contributed by atoms with Gasteiger partial charge in [-0.25, -0.2) is 0 Å². The van der Waals surface area contributed by atoms with Crippen LogP contribution in [0.15, 0.2) is 42.0 Å². The molecule has 0 radical (unpaired) electrons. The molecule has 0 heterocycles. The van der Waals surface area contributed by atoms with Crippen LogP contribution in [-0.2, 0) is 4.79 Å². The normalized spacial score (nSPS) is 10.6. The summed E-state index contributed by atoms with van der Waals surface area (Å²) in [6.45, 7) is 1.95. The Morgan fingerprint density at radius 2 is 2.04 bits per heavy atom. The van der Waals surface area contributed by atoms with E-state index in [1.807, 2.05) is 13.0 Å². The lowest BCUT2D eigenvalue weighted by atomic mass is 10.1. The number of ether oxygens (including phenoxy) is 1. The van der Waals surface area contributed by atoms with Gasteiger partial charge >= 0.3 is 0 Å². The molecular weight excluding hydrogens is 371 g/mol. The minimum absolute atomic E-state index is 0.0740. The van der Waals surface area contributed by atoms with Crippen molar-refractivity contribution in [3.05, 3.63) is 63.1 Å². The van der Waals surface area contributed by atoms with E-state index in [2.05, 4.69) is 11.2 Å². The van der Waals surface area contributed by atoms with Crippen molar-refractivity contribution in [3.63, 3.8) is 0 Å². The van der Waals surface area contributed by atoms with Crippen LogP contribution in [0.25, 0.3) is 6.08 Å². The molecule has 0 spiro atoms. The van der Waals surface area contributed by atoms with Crippen molar-refractivity contribution in [3.8, 4) is 24.2 Å². The van der Waals surface area contributed by atoms with Gasteiger partial charge in [-0.15, -0.1) is 6.42 Å². The lowest BCUT2D eigenvalue weighted by molar-refractivity contribution is -0.112. The average Bonchev–Trinajstić information content (AvgIpc) is 2.62. The summed E-state index contributed by atoms with van der Waals surface area (Å²) in [6.07, 6.45) is 6.57. The summed E-state index contributed by atoms with van der Waals surface area (Å²) in [7, 11) is 0. The molecule has 2 aromatic carbocycles. The predicted molar refractivity (Wildman–Crippen MR) is 104 cm³/mol. The Morgan fingerprint density at radius 3 is 2.65 bits per heavy atom. The molecule has 1 N–H and O–H groups in total. The van der Waals surface area contributed by atoms with Gasteiger partial charge < -0.3 is 10.1 Å². The van der Waals surface area contributed by atoms with Crippen LogP contribution in [0.3, 0.4) is 0 Å². The number of hydrogen-bond donors (Lipinski definition) is 1. The van der Waals surface area contributed by atoms with Crippen LogP contribution in [0, 0.1) is 30.6 Å². The molecule has 0 aromatic heterocycles. The minimum Gasteiger partial charge on any atom is -0.479 e. The van der Waals surface area contributed by atoms with E-state index in [9.17, 15) is 10.1 Å². The molecule has 0 unspecified atom stereocenters. The highest BCUT2D eigenvalue weighted by Gasteiger charge is 2.11. The number of nitrogens with zero attached hydrogens (tertiary/aromatic N) is 1. The molecule has 6 heteroatoms. The summed E-state index contributed by atoms with van der Waals surface area (Å²) >= 11 is 12.2. The number of rotatable bonds is 5. The second kappa shape index (κ2) is 8.97. The maximum atomic E-state index is 12.3. The minimum atomic E-state index is -0.545. The Bertz CT molecular complexity index is 953. The third kappa shape index (κ3) is 5.04. The molecule has 0 aliphatic heterocycles. The summed E-state index contributed by atoms with van der Waals surface area (Å²) in [5, 5.41) is 12.8. The van der Waals surface area contributed by atoms with E-state index in [-0.39, 0.29) is 12.2 Å². The fourth-order valence-corrected chi connectivity index (χ4v) is 2.45. The standard InChI is InChI=1S/C20H14Cl2N2O2/c1-3-8-26-19-7-5-14(10-18(19)22)9-15(12-23)20(25)24-16-6-4-13(2)17(21)11-16/h1,4-7,9-11H,8H2,2H3,(H,24,25)/b15-9+. The first kappa shape index (κ1) is 19.4. The molecule has 0 fully saturated rings. The van der Waals surface area contributed by atoms with Gasteiger partial charge in [-0.05, 0) is 48.4 Å². The molecule has 0 saturated carbocycles. The van der Waals surface area contributed by atoms with Crippen molar-refractivity contribution in [1.29, 1.82) is 5.26 Å². The van der Waals surface area contributed by atoms with Crippen LogP contribution in [0.1, 0.15) is 11.1 Å². The zero-order valence-corrected chi connectivity index (χ0v) is 15.4. The number of benzene rings is 2. The highest BCUT2D eigenvalue weighted by atomic mass is 35.5. The third-order valence-electron chi connectivity index (χ3n) is 3.37. The van der Waals surface area contributed by atoms with Crippen molar-refractivity contribution in [2.75, 3.05) is 11.9 Å². The lowest BCUT2D eigenvalue weighted by Gasteiger charge is -2.07. The number of aryl methyl sites for hydroxylation is 1. The molecule has 26 heavy (non-hydrogen) atoms. The zero-order chi connectivity index (χ0) is 19.1. The molecule has 2 aromatic rings. The first-order valence-electron chi connectivity index (χ1n) is 7.49. The Morgan fingerprint density at radius 1 is 1.27 bits per heavy atom. The van der Waals surface area contributed by atoms with Crippen molar-refractivity contribution < 1.29 is 9.53 Å². The van der Waals surface area contributed by atoms with E-state index in [1.54, 1.807) is 36.4 Å². The van der Waals surface area contributed by atoms with Crippen molar-refractivity contribution in [2.45, 2.75) is 6.92 Å². The second-order valence-corrected chi connectivity index (χ2v) is 6.08. The Labute approximate surface area is 162 Å². The second-order valence-electron chi connectivity index (χ2n) is 5.27. The predicted octanol–water partition coefficient (Wildman–Crippen LogP) is 4.86. The number of anilines is 1. The molecule has 1 amide bonds. The fourth-order valence-electron chi connectivity index (χ4n) is 2.03. The van der Waals surface area contributed by atoms with Gasteiger partial charge in [-0.2, -0.15) is 5.26 Å². The number of terminal acetylenes is 1. The van der Waals surface area contributed by atoms with Gasteiger partial charge in [0.25, 0.3) is 5.91 Å². The summed E-state index contributed by atoms with van der Waals surface area (Å²) < 4.78 is 5.27. The molecule has 0 atom stereocenters. The molecule has 2 rings (SSSR count). The quantitative estimate of drug-likeness (QED) is 0.454. The van der Waals surface area contributed by atoms with E-state index in [4.69, 9.17) is 34.4 Å². The number of nitrogens with one attached hydrogen (secondary N) is 1. The summed E-state index contributed by atoms with van der Waals surface area (Å²) in [5.41, 5.74) is 1.90. The number of hydrogen-bond acceptors (Lipinski definition) is 3.